The third kappa shape index (κ3) is 5.37. The van der Waals surface area contributed by atoms with Gasteiger partial charge in [-0.2, -0.15) is 5.10 Å². The number of hydrogen-bond acceptors (Lipinski definition) is 5. The van der Waals surface area contributed by atoms with Crippen LogP contribution in [0.4, 0.5) is 0 Å². The molecule has 0 saturated heterocycles. The Bertz CT molecular complexity index is 511. The van der Waals surface area contributed by atoms with E-state index in [1.807, 2.05) is 6.92 Å². The summed E-state index contributed by atoms with van der Waals surface area (Å²) in [5, 5.41) is 12.3. The van der Waals surface area contributed by atoms with Gasteiger partial charge in [0.1, 0.15) is 4.90 Å². The lowest BCUT2D eigenvalue weighted by Gasteiger charge is -2.04. The van der Waals surface area contributed by atoms with Crippen LogP contribution >= 0.6 is 0 Å². The lowest BCUT2D eigenvalue weighted by molar-refractivity contribution is -0.137. The molecule has 2 N–H and O–H groups in total. The summed E-state index contributed by atoms with van der Waals surface area (Å²) in [6, 6.07) is 0. The Morgan fingerprint density at radius 2 is 2.32 bits per heavy atom. The van der Waals surface area contributed by atoms with Crippen molar-refractivity contribution in [1.82, 2.24) is 14.5 Å². The highest BCUT2D eigenvalue weighted by Gasteiger charge is 2.15. The maximum atomic E-state index is 11.8. The summed E-state index contributed by atoms with van der Waals surface area (Å²) in [6.07, 6.45) is 2.37. The van der Waals surface area contributed by atoms with Crippen molar-refractivity contribution in [2.24, 2.45) is 0 Å². The number of nitrogens with one attached hydrogen (secondary N) is 1. The lowest BCUT2D eigenvalue weighted by atomic mass is 10.4. The second-order valence-electron chi connectivity index (χ2n) is 3.68. The first-order valence-electron chi connectivity index (χ1n) is 5.77. The zero-order valence-electron chi connectivity index (χ0n) is 10.6. The number of nitrogens with zero attached hydrogens (tertiary/aromatic N) is 2. The molecule has 8 nitrogen and oxygen atoms in total. The number of hydrogen-bond donors (Lipinski definition) is 2. The molecule has 0 amide bonds. The molecule has 19 heavy (non-hydrogen) atoms. The molecule has 0 aliphatic rings. The van der Waals surface area contributed by atoms with Gasteiger partial charge in [0.25, 0.3) is 0 Å². The molecule has 0 aliphatic heterocycles. The minimum atomic E-state index is -3.62. The first-order valence-corrected chi connectivity index (χ1v) is 7.25. The first-order chi connectivity index (χ1) is 8.95. The van der Waals surface area contributed by atoms with Crippen LogP contribution < -0.4 is 4.72 Å². The molecular formula is C10H17N3O5S. The van der Waals surface area contributed by atoms with E-state index in [9.17, 15) is 13.2 Å². The van der Waals surface area contributed by atoms with E-state index < -0.39 is 16.0 Å². The van der Waals surface area contributed by atoms with E-state index in [-0.39, 0.29) is 24.4 Å². The summed E-state index contributed by atoms with van der Waals surface area (Å²) in [6.45, 7) is 2.94. The second-order valence-corrected chi connectivity index (χ2v) is 5.44. The number of aryl methyl sites for hydroxylation is 1. The highest BCUT2D eigenvalue weighted by molar-refractivity contribution is 7.89. The lowest BCUT2D eigenvalue weighted by Crippen LogP contribution is -2.27. The molecule has 0 aromatic carbocycles. The molecule has 1 rings (SSSR count). The third-order valence-electron chi connectivity index (χ3n) is 2.22. The maximum Gasteiger partial charge on any atom is 0.305 e. The van der Waals surface area contributed by atoms with Crippen molar-refractivity contribution >= 4 is 16.0 Å². The number of ether oxygens (including phenoxy) is 1. The number of rotatable bonds is 9. The molecular weight excluding hydrogens is 274 g/mol. The smallest absolute Gasteiger partial charge is 0.305 e. The molecule has 9 heteroatoms. The van der Waals surface area contributed by atoms with Gasteiger partial charge in [0.2, 0.25) is 10.0 Å². The Hall–Kier alpha value is -1.45. The molecule has 0 spiro atoms. The summed E-state index contributed by atoms with van der Waals surface area (Å²) in [4.78, 5) is 10.4. The number of aromatic nitrogens is 2. The van der Waals surface area contributed by atoms with E-state index in [0.29, 0.717) is 13.2 Å². The van der Waals surface area contributed by atoms with Gasteiger partial charge in [-0.1, -0.05) is 0 Å². The molecule has 1 heterocycles. The van der Waals surface area contributed by atoms with Crippen molar-refractivity contribution in [3.63, 3.8) is 0 Å². The minimum absolute atomic E-state index is 0.00869. The van der Waals surface area contributed by atoms with E-state index in [1.54, 1.807) is 0 Å². The van der Waals surface area contributed by atoms with Crippen LogP contribution in [-0.2, 0) is 26.1 Å². The van der Waals surface area contributed by atoms with Crippen molar-refractivity contribution in [1.29, 1.82) is 0 Å². The van der Waals surface area contributed by atoms with E-state index in [2.05, 4.69) is 9.82 Å². The Kier molecular flexibility index (Phi) is 5.93. The standard InChI is InChI=1S/C10H17N3O5S/c1-2-18-6-4-12-19(16,17)9-7-11-13(8-9)5-3-10(14)15/h7-8,12H,2-6H2,1H3,(H,14,15). The summed E-state index contributed by atoms with van der Waals surface area (Å²) in [5.41, 5.74) is 0. The van der Waals surface area contributed by atoms with E-state index in [1.165, 1.54) is 17.1 Å². The highest BCUT2D eigenvalue weighted by atomic mass is 32.2. The Labute approximate surface area is 111 Å². The molecule has 0 unspecified atom stereocenters. The zero-order chi connectivity index (χ0) is 14.3. The maximum absolute atomic E-state index is 11.8. The predicted octanol–water partition coefficient (Wildman–Crippen LogP) is -0.327. The van der Waals surface area contributed by atoms with E-state index in [0.717, 1.165) is 0 Å². The number of carbonyl (C=O) groups is 1. The van der Waals surface area contributed by atoms with Crippen LogP contribution in [0.2, 0.25) is 0 Å². The highest BCUT2D eigenvalue weighted by Crippen LogP contribution is 2.06. The fourth-order valence-electron chi connectivity index (χ4n) is 1.29. The molecule has 0 atom stereocenters. The second kappa shape index (κ2) is 7.22. The van der Waals surface area contributed by atoms with Crippen molar-refractivity contribution < 1.29 is 23.1 Å². The Morgan fingerprint density at radius 3 is 2.95 bits per heavy atom. The quantitative estimate of drug-likeness (QED) is 0.603. The summed E-state index contributed by atoms with van der Waals surface area (Å²) in [7, 11) is -3.62. The predicted molar refractivity (Wildman–Crippen MR) is 66.2 cm³/mol. The molecule has 0 bridgehead atoms. The van der Waals surface area contributed by atoms with Crippen molar-refractivity contribution in [2.45, 2.75) is 24.8 Å². The van der Waals surface area contributed by atoms with Crippen LogP contribution in [0, 0.1) is 0 Å². The Morgan fingerprint density at radius 1 is 1.58 bits per heavy atom. The normalized spacial score (nSPS) is 11.6. The topological polar surface area (TPSA) is 111 Å². The average molecular weight is 291 g/mol. The molecule has 0 fully saturated rings. The van der Waals surface area contributed by atoms with Crippen LogP contribution in [0.25, 0.3) is 0 Å². The third-order valence-corrected chi connectivity index (χ3v) is 3.63. The van der Waals surface area contributed by atoms with Gasteiger partial charge in [-0.3, -0.25) is 9.48 Å². The van der Waals surface area contributed by atoms with Crippen LogP contribution in [0.1, 0.15) is 13.3 Å². The van der Waals surface area contributed by atoms with Crippen LogP contribution in [0.15, 0.2) is 17.3 Å². The van der Waals surface area contributed by atoms with Crippen LogP contribution in [-0.4, -0.2) is 49.0 Å². The SMILES string of the molecule is CCOCCNS(=O)(=O)c1cnn(CCC(=O)O)c1. The van der Waals surface area contributed by atoms with Gasteiger partial charge in [0, 0.05) is 19.3 Å². The van der Waals surface area contributed by atoms with Gasteiger partial charge in [0.15, 0.2) is 0 Å². The molecule has 0 aliphatic carbocycles. The number of carboxylic acids is 1. The van der Waals surface area contributed by atoms with Gasteiger partial charge >= 0.3 is 5.97 Å². The number of aliphatic carboxylic acids is 1. The van der Waals surface area contributed by atoms with Gasteiger partial charge < -0.3 is 9.84 Å². The number of sulfonamides is 1. The van der Waals surface area contributed by atoms with Crippen LogP contribution in [0.3, 0.4) is 0 Å². The van der Waals surface area contributed by atoms with Crippen LogP contribution in [0.5, 0.6) is 0 Å². The summed E-state index contributed by atoms with van der Waals surface area (Å²) >= 11 is 0. The fourth-order valence-corrected chi connectivity index (χ4v) is 2.26. The zero-order valence-corrected chi connectivity index (χ0v) is 11.4. The van der Waals surface area contributed by atoms with E-state index >= 15 is 0 Å². The molecule has 1 aromatic heterocycles. The average Bonchev–Trinajstić information content (AvgIpc) is 2.82. The van der Waals surface area contributed by atoms with Crippen molar-refractivity contribution in [2.75, 3.05) is 19.8 Å². The number of carboxylic acid groups (broad SMARTS) is 1. The molecule has 0 saturated carbocycles. The van der Waals surface area contributed by atoms with Gasteiger partial charge in [-0.15, -0.1) is 0 Å². The summed E-state index contributed by atoms with van der Waals surface area (Å²) in [5.74, 6) is -0.963. The molecule has 1 aromatic rings. The molecule has 108 valence electrons. The summed E-state index contributed by atoms with van der Waals surface area (Å²) < 4.78 is 32.3. The minimum Gasteiger partial charge on any atom is -0.481 e. The monoisotopic (exact) mass is 291 g/mol. The van der Waals surface area contributed by atoms with Gasteiger partial charge in [-0.05, 0) is 6.92 Å². The van der Waals surface area contributed by atoms with E-state index in [4.69, 9.17) is 9.84 Å². The van der Waals surface area contributed by atoms with Crippen molar-refractivity contribution in [3.05, 3.63) is 12.4 Å². The van der Waals surface area contributed by atoms with Crippen molar-refractivity contribution in [3.8, 4) is 0 Å². The fraction of sp³-hybridized carbons (Fsp3) is 0.600. The molecule has 0 radical (unpaired) electrons. The van der Waals surface area contributed by atoms with Gasteiger partial charge in [0.05, 0.1) is 25.8 Å². The largest absolute Gasteiger partial charge is 0.481 e. The Balaban J connectivity index is 2.56. The van der Waals surface area contributed by atoms with Gasteiger partial charge in [-0.25, -0.2) is 13.1 Å². The first kappa shape index (κ1) is 15.6.